The number of carboxylic acids is 1. The lowest BCUT2D eigenvalue weighted by Crippen LogP contribution is -2.21. The van der Waals surface area contributed by atoms with E-state index in [0.29, 0.717) is 18.8 Å². The first kappa shape index (κ1) is 19.4. The quantitative estimate of drug-likeness (QED) is 0.526. The molecule has 2 aliphatic rings. The van der Waals surface area contributed by atoms with Gasteiger partial charge in [0.2, 0.25) is 0 Å². The summed E-state index contributed by atoms with van der Waals surface area (Å²) in [6.45, 7) is 1.26. The Kier molecular flexibility index (Phi) is 5.20. The minimum absolute atomic E-state index is 0.233. The van der Waals surface area contributed by atoms with E-state index in [-0.39, 0.29) is 11.5 Å². The van der Waals surface area contributed by atoms with Crippen molar-refractivity contribution in [2.24, 2.45) is 0 Å². The van der Waals surface area contributed by atoms with Gasteiger partial charge in [-0.2, -0.15) is 0 Å². The van der Waals surface area contributed by atoms with Gasteiger partial charge in [-0.15, -0.1) is 0 Å². The molecule has 31 heavy (non-hydrogen) atoms. The summed E-state index contributed by atoms with van der Waals surface area (Å²) in [6.07, 6.45) is 7.52. The lowest BCUT2D eigenvalue weighted by Gasteiger charge is -2.27. The molecule has 0 fully saturated rings. The SMILES string of the molecule is O=C(O)c1ccncc1NC[C@@H]1CCOc2cc(Nc3ccc4c(c3)CCC4)ccc21. The van der Waals surface area contributed by atoms with Crippen molar-refractivity contribution >= 4 is 23.0 Å². The fourth-order valence-electron chi connectivity index (χ4n) is 4.52. The highest BCUT2D eigenvalue weighted by molar-refractivity contribution is 5.93. The van der Waals surface area contributed by atoms with Gasteiger partial charge in [-0.1, -0.05) is 12.1 Å². The summed E-state index contributed by atoms with van der Waals surface area (Å²) in [5.41, 5.74) is 6.93. The number of aromatic carboxylic acids is 1. The van der Waals surface area contributed by atoms with Crippen LogP contribution < -0.4 is 15.4 Å². The number of pyridine rings is 1. The van der Waals surface area contributed by atoms with Gasteiger partial charge in [0.25, 0.3) is 0 Å². The largest absolute Gasteiger partial charge is 0.493 e. The first-order chi connectivity index (χ1) is 15.2. The molecule has 0 spiro atoms. The first-order valence-corrected chi connectivity index (χ1v) is 10.7. The highest BCUT2D eigenvalue weighted by Crippen LogP contribution is 2.37. The second-order valence-electron chi connectivity index (χ2n) is 8.16. The van der Waals surface area contributed by atoms with E-state index in [1.807, 2.05) is 0 Å². The van der Waals surface area contributed by atoms with E-state index >= 15 is 0 Å². The number of nitrogens with zero attached hydrogens (tertiary/aromatic N) is 1. The molecule has 6 nitrogen and oxygen atoms in total. The molecule has 158 valence electrons. The van der Waals surface area contributed by atoms with Crippen LogP contribution in [0.1, 0.15) is 45.8 Å². The van der Waals surface area contributed by atoms with Crippen LogP contribution in [0.25, 0.3) is 0 Å². The van der Waals surface area contributed by atoms with Crippen molar-refractivity contribution in [3.05, 3.63) is 77.1 Å². The summed E-state index contributed by atoms with van der Waals surface area (Å²) in [4.78, 5) is 15.5. The summed E-state index contributed by atoms with van der Waals surface area (Å²) < 4.78 is 5.95. The number of carboxylic acid groups (broad SMARTS) is 1. The zero-order valence-corrected chi connectivity index (χ0v) is 17.2. The number of benzene rings is 2. The van der Waals surface area contributed by atoms with Crippen molar-refractivity contribution in [1.29, 1.82) is 0 Å². The normalized spacial score (nSPS) is 16.7. The molecule has 0 bridgehead atoms. The van der Waals surface area contributed by atoms with Crippen LogP contribution in [0.15, 0.2) is 54.9 Å². The van der Waals surface area contributed by atoms with E-state index in [4.69, 9.17) is 4.74 Å². The number of nitrogens with one attached hydrogen (secondary N) is 2. The molecule has 0 saturated heterocycles. The zero-order chi connectivity index (χ0) is 21.2. The Morgan fingerprint density at radius 2 is 1.94 bits per heavy atom. The highest BCUT2D eigenvalue weighted by atomic mass is 16.5. The van der Waals surface area contributed by atoms with Crippen LogP contribution >= 0.6 is 0 Å². The van der Waals surface area contributed by atoms with Crippen LogP contribution in [-0.2, 0) is 12.8 Å². The van der Waals surface area contributed by atoms with Crippen molar-refractivity contribution in [3.63, 3.8) is 0 Å². The Labute approximate surface area is 181 Å². The molecule has 1 aliphatic heterocycles. The summed E-state index contributed by atoms with van der Waals surface area (Å²) in [5.74, 6) is 0.160. The molecular formula is C25H25N3O3. The maximum absolute atomic E-state index is 11.4. The number of hydrogen-bond acceptors (Lipinski definition) is 5. The average Bonchev–Trinajstić information content (AvgIpc) is 3.25. The van der Waals surface area contributed by atoms with Gasteiger partial charge in [-0.3, -0.25) is 4.98 Å². The van der Waals surface area contributed by atoms with Gasteiger partial charge in [0.05, 0.1) is 24.1 Å². The number of anilines is 3. The summed E-state index contributed by atoms with van der Waals surface area (Å²) >= 11 is 0. The van der Waals surface area contributed by atoms with Gasteiger partial charge in [-0.25, -0.2) is 4.79 Å². The van der Waals surface area contributed by atoms with E-state index in [1.54, 1.807) is 6.20 Å². The van der Waals surface area contributed by atoms with E-state index in [9.17, 15) is 9.90 Å². The molecule has 0 unspecified atom stereocenters. The van der Waals surface area contributed by atoms with E-state index in [0.717, 1.165) is 35.5 Å². The van der Waals surface area contributed by atoms with Crippen LogP contribution in [0.4, 0.5) is 17.1 Å². The van der Waals surface area contributed by atoms with Gasteiger partial charge in [0.1, 0.15) is 5.75 Å². The van der Waals surface area contributed by atoms with Crippen LogP contribution in [0.3, 0.4) is 0 Å². The minimum atomic E-state index is -0.959. The molecule has 5 rings (SSSR count). The topological polar surface area (TPSA) is 83.5 Å². The van der Waals surface area contributed by atoms with Gasteiger partial charge in [0.15, 0.2) is 0 Å². The highest BCUT2D eigenvalue weighted by Gasteiger charge is 2.22. The second kappa shape index (κ2) is 8.30. The Balaban J connectivity index is 1.31. The van der Waals surface area contributed by atoms with E-state index in [2.05, 4.69) is 52.0 Å². The molecule has 0 amide bonds. The van der Waals surface area contributed by atoms with Crippen molar-refractivity contribution in [2.75, 3.05) is 23.8 Å². The van der Waals surface area contributed by atoms with Gasteiger partial charge < -0.3 is 20.5 Å². The Morgan fingerprint density at radius 3 is 2.84 bits per heavy atom. The molecule has 2 heterocycles. The molecule has 6 heteroatoms. The molecule has 0 saturated carbocycles. The monoisotopic (exact) mass is 415 g/mol. The maximum atomic E-state index is 11.4. The van der Waals surface area contributed by atoms with Crippen LogP contribution in [0.2, 0.25) is 0 Å². The van der Waals surface area contributed by atoms with Gasteiger partial charge in [0, 0.05) is 36.1 Å². The second-order valence-corrected chi connectivity index (χ2v) is 8.16. The summed E-state index contributed by atoms with van der Waals surface area (Å²) in [6, 6.07) is 14.4. The van der Waals surface area contributed by atoms with E-state index < -0.39 is 5.97 Å². The van der Waals surface area contributed by atoms with Gasteiger partial charge >= 0.3 is 5.97 Å². The Morgan fingerprint density at radius 1 is 1.10 bits per heavy atom. The average molecular weight is 415 g/mol. The number of ether oxygens (including phenoxy) is 1. The van der Waals surface area contributed by atoms with Crippen LogP contribution in [0, 0.1) is 0 Å². The Hall–Kier alpha value is -3.54. The molecule has 1 aliphatic carbocycles. The predicted molar refractivity (Wildman–Crippen MR) is 121 cm³/mol. The smallest absolute Gasteiger partial charge is 0.337 e. The fourth-order valence-corrected chi connectivity index (χ4v) is 4.52. The lowest BCUT2D eigenvalue weighted by molar-refractivity contribution is 0.0697. The number of fused-ring (bicyclic) bond motifs is 2. The van der Waals surface area contributed by atoms with Gasteiger partial charge in [-0.05, 0) is 66.6 Å². The lowest BCUT2D eigenvalue weighted by atomic mass is 9.92. The molecule has 1 atom stereocenters. The summed E-state index contributed by atoms with van der Waals surface area (Å²) in [7, 11) is 0. The number of rotatable bonds is 6. The Bertz CT molecular complexity index is 1130. The fraction of sp³-hybridized carbons (Fsp3) is 0.280. The van der Waals surface area contributed by atoms with Crippen molar-refractivity contribution < 1.29 is 14.6 Å². The molecule has 3 aromatic rings. The van der Waals surface area contributed by atoms with Crippen molar-refractivity contribution in [1.82, 2.24) is 4.98 Å². The minimum Gasteiger partial charge on any atom is -0.493 e. The predicted octanol–water partition coefficient (Wildman–Crippen LogP) is 4.99. The molecule has 2 aromatic carbocycles. The first-order valence-electron chi connectivity index (χ1n) is 10.7. The van der Waals surface area contributed by atoms with Crippen molar-refractivity contribution in [3.8, 4) is 5.75 Å². The zero-order valence-electron chi connectivity index (χ0n) is 17.2. The van der Waals surface area contributed by atoms with Crippen LogP contribution in [-0.4, -0.2) is 29.2 Å². The number of aromatic nitrogens is 1. The number of hydrogen-bond donors (Lipinski definition) is 3. The third-order valence-electron chi connectivity index (χ3n) is 6.15. The van der Waals surface area contributed by atoms with Crippen LogP contribution in [0.5, 0.6) is 5.75 Å². The molecular weight excluding hydrogens is 390 g/mol. The van der Waals surface area contributed by atoms with E-state index in [1.165, 1.54) is 36.2 Å². The third-order valence-corrected chi connectivity index (χ3v) is 6.15. The maximum Gasteiger partial charge on any atom is 0.337 e. The number of aryl methyl sites for hydroxylation is 2. The summed E-state index contributed by atoms with van der Waals surface area (Å²) in [5, 5.41) is 16.1. The standard InChI is InChI=1S/C25H25N3O3/c29-25(30)22-8-10-26-15-23(22)27-14-18-9-11-31-24-13-20(6-7-21(18)24)28-19-5-4-16-2-1-3-17(16)12-19/h4-8,10,12-13,15,18,27-28H,1-3,9,11,14H2,(H,29,30)/t18-/m0/s1. The molecule has 1 aromatic heterocycles. The third kappa shape index (κ3) is 4.06. The van der Waals surface area contributed by atoms with Crippen molar-refractivity contribution in [2.45, 2.75) is 31.6 Å². The molecule has 3 N–H and O–H groups in total. The molecule has 0 radical (unpaired) electrons. The number of carbonyl (C=O) groups is 1.